The first kappa shape index (κ1) is 12.9. The van der Waals surface area contributed by atoms with E-state index in [0.717, 1.165) is 6.54 Å². The molecule has 1 aromatic rings. The second kappa shape index (κ2) is 5.40. The van der Waals surface area contributed by atoms with Gasteiger partial charge in [0, 0.05) is 12.1 Å². The van der Waals surface area contributed by atoms with Crippen molar-refractivity contribution in [3.8, 4) is 5.75 Å². The molecule has 1 aliphatic rings. The highest BCUT2D eigenvalue weighted by Gasteiger charge is 2.30. The number of nitrogens with one attached hydrogen (secondary N) is 1. The van der Waals surface area contributed by atoms with Crippen LogP contribution in [0.3, 0.4) is 0 Å². The Labute approximate surface area is 107 Å². The van der Waals surface area contributed by atoms with Gasteiger partial charge in [-0.3, -0.25) is 0 Å². The fraction of sp³-hybridized carbons (Fsp3) is 0.500. The minimum Gasteiger partial charge on any atom is -0.492 e. The van der Waals surface area contributed by atoms with Gasteiger partial charge in [-0.1, -0.05) is 0 Å². The smallest absolute Gasteiger partial charge is 0.335 e. The molecule has 0 heterocycles. The largest absolute Gasteiger partial charge is 0.492 e. The zero-order valence-corrected chi connectivity index (χ0v) is 10.6. The zero-order valence-electron chi connectivity index (χ0n) is 10.6. The second-order valence-corrected chi connectivity index (χ2v) is 5.02. The third-order valence-corrected chi connectivity index (χ3v) is 3.48. The molecule has 0 aromatic heterocycles. The second-order valence-electron chi connectivity index (χ2n) is 5.02. The van der Waals surface area contributed by atoms with Crippen molar-refractivity contribution < 1.29 is 14.6 Å². The maximum absolute atomic E-state index is 10.7. The SMILES string of the molecule is CC1(NCCOc2ccc(C(=O)O)cc2)CCC1. The highest BCUT2D eigenvalue weighted by molar-refractivity contribution is 5.87. The molecule has 1 saturated carbocycles. The van der Waals surface area contributed by atoms with Crippen molar-refractivity contribution in [2.45, 2.75) is 31.7 Å². The number of ether oxygens (including phenoxy) is 1. The van der Waals surface area contributed by atoms with Crippen molar-refractivity contribution in [3.63, 3.8) is 0 Å². The predicted octanol–water partition coefficient (Wildman–Crippen LogP) is 2.30. The lowest BCUT2D eigenvalue weighted by atomic mass is 9.78. The Morgan fingerprint density at radius 2 is 2.06 bits per heavy atom. The summed E-state index contributed by atoms with van der Waals surface area (Å²) in [5.74, 6) is -0.207. The van der Waals surface area contributed by atoms with Crippen LogP contribution in [0, 0.1) is 0 Å². The van der Waals surface area contributed by atoms with Crippen molar-refractivity contribution in [1.82, 2.24) is 5.32 Å². The van der Waals surface area contributed by atoms with Crippen molar-refractivity contribution in [2.24, 2.45) is 0 Å². The topological polar surface area (TPSA) is 58.6 Å². The standard InChI is InChI=1S/C14H19NO3/c1-14(7-2-8-14)15-9-10-18-12-5-3-11(4-6-12)13(16)17/h3-6,15H,2,7-10H2,1H3,(H,16,17). The fourth-order valence-corrected chi connectivity index (χ4v) is 2.10. The number of carbonyl (C=O) groups is 1. The van der Waals surface area contributed by atoms with Crippen LogP contribution in [0.15, 0.2) is 24.3 Å². The average Bonchev–Trinajstić information content (AvgIpc) is 2.33. The molecular formula is C14H19NO3. The summed E-state index contributed by atoms with van der Waals surface area (Å²) < 4.78 is 5.55. The summed E-state index contributed by atoms with van der Waals surface area (Å²) >= 11 is 0. The van der Waals surface area contributed by atoms with Gasteiger partial charge < -0.3 is 15.2 Å². The van der Waals surface area contributed by atoms with E-state index in [4.69, 9.17) is 9.84 Å². The Kier molecular flexibility index (Phi) is 3.87. The Morgan fingerprint density at radius 3 is 2.56 bits per heavy atom. The summed E-state index contributed by atoms with van der Waals surface area (Å²) in [6.45, 7) is 3.65. The van der Waals surface area contributed by atoms with Crippen LogP contribution in [0.25, 0.3) is 0 Å². The van der Waals surface area contributed by atoms with Crippen LogP contribution >= 0.6 is 0 Å². The van der Waals surface area contributed by atoms with Gasteiger partial charge in [-0.15, -0.1) is 0 Å². The molecule has 4 nitrogen and oxygen atoms in total. The lowest BCUT2D eigenvalue weighted by Crippen LogP contribution is -2.49. The van der Waals surface area contributed by atoms with Gasteiger partial charge in [0.1, 0.15) is 12.4 Å². The van der Waals surface area contributed by atoms with Crippen LogP contribution in [-0.4, -0.2) is 29.8 Å². The summed E-state index contributed by atoms with van der Waals surface area (Å²) in [5, 5.41) is 12.2. The minimum atomic E-state index is -0.916. The van der Waals surface area contributed by atoms with E-state index >= 15 is 0 Å². The molecule has 0 unspecified atom stereocenters. The summed E-state index contributed by atoms with van der Waals surface area (Å²) in [6.07, 6.45) is 3.78. The number of benzene rings is 1. The van der Waals surface area contributed by atoms with Gasteiger partial charge in [0.25, 0.3) is 0 Å². The average molecular weight is 249 g/mol. The highest BCUT2D eigenvalue weighted by Crippen LogP contribution is 2.30. The Morgan fingerprint density at radius 1 is 1.39 bits per heavy atom. The van der Waals surface area contributed by atoms with E-state index in [0.29, 0.717) is 17.9 Å². The summed E-state index contributed by atoms with van der Waals surface area (Å²) in [4.78, 5) is 10.7. The molecule has 0 atom stereocenters. The molecule has 0 aliphatic heterocycles. The van der Waals surface area contributed by atoms with Crippen LogP contribution < -0.4 is 10.1 Å². The van der Waals surface area contributed by atoms with Crippen molar-refractivity contribution in [1.29, 1.82) is 0 Å². The normalized spacial score (nSPS) is 16.9. The molecular weight excluding hydrogens is 230 g/mol. The Hall–Kier alpha value is -1.55. The van der Waals surface area contributed by atoms with Gasteiger partial charge in [-0.05, 0) is 50.5 Å². The first-order chi connectivity index (χ1) is 8.59. The molecule has 0 bridgehead atoms. The quantitative estimate of drug-likeness (QED) is 0.759. The molecule has 18 heavy (non-hydrogen) atoms. The van der Waals surface area contributed by atoms with Crippen LogP contribution in [0.2, 0.25) is 0 Å². The molecule has 0 amide bonds. The van der Waals surface area contributed by atoms with Crippen LogP contribution in [-0.2, 0) is 0 Å². The van der Waals surface area contributed by atoms with Gasteiger partial charge >= 0.3 is 5.97 Å². The van der Waals surface area contributed by atoms with E-state index < -0.39 is 5.97 Å². The summed E-state index contributed by atoms with van der Waals surface area (Å²) in [5.41, 5.74) is 0.582. The maximum atomic E-state index is 10.7. The third-order valence-electron chi connectivity index (χ3n) is 3.48. The number of carboxylic acids is 1. The molecule has 0 saturated heterocycles. The molecule has 98 valence electrons. The van der Waals surface area contributed by atoms with E-state index in [1.807, 2.05) is 0 Å². The number of rotatable bonds is 6. The number of aromatic carboxylic acids is 1. The summed E-state index contributed by atoms with van der Waals surface area (Å²) in [6, 6.07) is 6.49. The van der Waals surface area contributed by atoms with Gasteiger partial charge in [-0.2, -0.15) is 0 Å². The minimum absolute atomic E-state index is 0.280. The molecule has 4 heteroatoms. The number of hydrogen-bond donors (Lipinski definition) is 2. The molecule has 2 N–H and O–H groups in total. The molecule has 1 aromatic carbocycles. The first-order valence-corrected chi connectivity index (χ1v) is 6.30. The first-order valence-electron chi connectivity index (χ1n) is 6.30. The summed E-state index contributed by atoms with van der Waals surface area (Å²) in [7, 11) is 0. The van der Waals surface area contributed by atoms with Gasteiger partial charge in [-0.25, -0.2) is 4.79 Å². The van der Waals surface area contributed by atoms with E-state index in [9.17, 15) is 4.79 Å². The Balaban J connectivity index is 1.71. The van der Waals surface area contributed by atoms with E-state index in [1.54, 1.807) is 24.3 Å². The van der Waals surface area contributed by atoms with Crippen LogP contribution in [0.1, 0.15) is 36.5 Å². The Bertz CT molecular complexity index is 410. The lowest BCUT2D eigenvalue weighted by molar-refractivity contribution is 0.0697. The number of carboxylic acid groups (broad SMARTS) is 1. The van der Waals surface area contributed by atoms with Crippen molar-refractivity contribution >= 4 is 5.97 Å². The van der Waals surface area contributed by atoms with Crippen molar-refractivity contribution in [3.05, 3.63) is 29.8 Å². The molecule has 2 rings (SSSR count). The van der Waals surface area contributed by atoms with Crippen molar-refractivity contribution in [2.75, 3.05) is 13.2 Å². The van der Waals surface area contributed by atoms with Crippen LogP contribution in [0.4, 0.5) is 0 Å². The van der Waals surface area contributed by atoms with Gasteiger partial charge in [0.15, 0.2) is 0 Å². The highest BCUT2D eigenvalue weighted by atomic mass is 16.5. The van der Waals surface area contributed by atoms with E-state index in [-0.39, 0.29) is 5.56 Å². The lowest BCUT2D eigenvalue weighted by Gasteiger charge is -2.39. The maximum Gasteiger partial charge on any atom is 0.335 e. The predicted molar refractivity (Wildman–Crippen MR) is 69.2 cm³/mol. The fourth-order valence-electron chi connectivity index (χ4n) is 2.10. The third kappa shape index (κ3) is 3.23. The monoisotopic (exact) mass is 249 g/mol. The molecule has 0 radical (unpaired) electrons. The van der Waals surface area contributed by atoms with Crippen LogP contribution in [0.5, 0.6) is 5.75 Å². The van der Waals surface area contributed by atoms with E-state index in [2.05, 4.69) is 12.2 Å². The van der Waals surface area contributed by atoms with Gasteiger partial charge in [0.05, 0.1) is 5.56 Å². The molecule has 1 fully saturated rings. The van der Waals surface area contributed by atoms with Gasteiger partial charge in [0.2, 0.25) is 0 Å². The van der Waals surface area contributed by atoms with E-state index in [1.165, 1.54) is 19.3 Å². The molecule has 0 spiro atoms. The zero-order chi connectivity index (χ0) is 13.0. The number of hydrogen-bond acceptors (Lipinski definition) is 3. The molecule has 1 aliphatic carbocycles.